The molecule has 1 saturated heterocycles. The van der Waals surface area contributed by atoms with Crippen molar-refractivity contribution in [2.45, 2.75) is 44.9 Å². The number of hydrogen-bond acceptors (Lipinski definition) is 3. The molecule has 2 aromatic rings. The minimum Gasteiger partial charge on any atom is -0.372 e. The highest BCUT2D eigenvalue weighted by molar-refractivity contribution is 7.98. The summed E-state index contributed by atoms with van der Waals surface area (Å²) in [5.41, 5.74) is 3.77. The van der Waals surface area contributed by atoms with Crippen molar-refractivity contribution in [1.29, 1.82) is 0 Å². The lowest BCUT2D eigenvalue weighted by Gasteiger charge is -2.32. The first-order valence-corrected chi connectivity index (χ1v) is 11.5. The second kappa shape index (κ2) is 10.6. The highest BCUT2D eigenvalue weighted by Crippen LogP contribution is 2.24. The Morgan fingerprint density at radius 3 is 2.46 bits per heavy atom. The topological polar surface area (TPSA) is 32.3 Å². The minimum absolute atomic E-state index is 0.0436. The molecule has 0 bridgehead atoms. The minimum atomic E-state index is 0.0436. The zero-order chi connectivity index (χ0) is 19.8. The van der Waals surface area contributed by atoms with Crippen LogP contribution in [0.1, 0.15) is 50.3 Å². The predicted octanol–water partition coefficient (Wildman–Crippen LogP) is 5.42. The molecule has 4 heteroatoms. The van der Waals surface area contributed by atoms with E-state index in [4.69, 9.17) is 0 Å². The maximum Gasteiger partial charge on any atom is 0.221 e. The van der Waals surface area contributed by atoms with Crippen molar-refractivity contribution in [2.75, 3.05) is 23.7 Å². The van der Waals surface area contributed by atoms with Crippen LogP contribution >= 0.6 is 11.8 Å². The molecule has 28 heavy (non-hydrogen) atoms. The van der Waals surface area contributed by atoms with E-state index in [1.165, 1.54) is 29.7 Å². The number of carbonyl (C=O) groups excluding carboxylic acids is 1. The number of hydrogen-bond donors (Lipinski definition) is 1. The Labute approximate surface area is 173 Å². The number of nitrogens with zero attached hydrogens (tertiary/aromatic N) is 1. The summed E-state index contributed by atoms with van der Waals surface area (Å²) in [5, 5.41) is 3.13. The van der Waals surface area contributed by atoms with Crippen LogP contribution in [0, 0.1) is 5.92 Å². The molecule has 150 valence electrons. The SMILES string of the molecule is CC1CCN(c2ccc([C@@H](C)NC(=O)CCSCc3ccccc3)cc2)CC1. The van der Waals surface area contributed by atoms with Gasteiger partial charge < -0.3 is 10.2 Å². The molecule has 0 saturated carbocycles. The number of thioether (sulfide) groups is 1. The van der Waals surface area contributed by atoms with E-state index in [9.17, 15) is 4.79 Å². The van der Waals surface area contributed by atoms with Crippen LogP contribution < -0.4 is 10.2 Å². The summed E-state index contributed by atoms with van der Waals surface area (Å²) in [6.45, 7) is 6.69. The van der Waals surface area contributed by atoms with E-state index in [1.807, 2.05) is 17.8 Å². The summed E-state index contributed by atoms with van der Waals surface area (Å²) in [4.78, 5) is 14.7. The van der Waals surface area contributed by atoms with Crippen molar-refractivity contribution in [2.24, 2.45) is 5.92 Å². The van der Waals surface area contributed by atoms with E-state index < -0.39 is 0 Å². The van der Waals surface area contributed by atoms with E-state index in [0.29, 0.717) is 6.42 Å². The van der Waals surface area contributed by atoms with Gasteiger partial charge in [-0.2, -0.15) is 11.8 Å². The number of carbonyl (C=O) groups is 1. The lowest BCUT2D eigenvalue weighted by atomic mass is 9.98. The molecule has 3 nitrogen and oxygen atoms in total. The third kappa shape index (κ3) is 6.30. The zero-order valence-electron chi connectivity index (χ0n) is 17.1. The number of nitrogens with one attached hydrogen (secondary N) is 1. The Morgan fingerprint density at radius 1 is 1.11 bits per heavy atom. The van der Waals surface area contributed by atoms with E-state index in [0.717, 1.165) is 30.5 Å². The maximum absolute atomic E-state index is 12.3. The van der Waals surface area contributed by atoms with Gasteiger partial charge >= 0.3 is 0 Å². The van der Waals surface area contributed by atoms with Gasteiger partial charge in [0.05, 0.1) is 6.04 Å². The van der Waals surface area contributed by atoms with Crippen molar-refractivity contribution in [3.63, 3.8) is 0 Å². The van der Waals surface area contributed by atoms with Gasteiger partial charge in [0, 0.05) is 36.7 Å². The van der Waals surface area contributed by atoms with E-state index in [-0.39, 0.29) is 11.9 Å². The normalized spacial score (nSPS) is 16.0. The summed E-state index contributed by atoms with van der Waals surface area (Å²) in [5.74, 6) is 2.78. The zero-order valence-corrected chi connectivity index (χ0v) is 17.9. The Morgan fingerprint density at radius 2 is 1.79 bits per heavy atom. The molecule has 1 fully saturated rings. The van der Waals surface area contributed by atoms with Crippen molar-refractivity contribution < 1.29 is 4.79 Å². The standard InChI is InChI=1S/C24H32N2OS/c1-19-12-15-26(16-13-19)23-10-8-22(9-11-23)20(2)25-24(27)14-17-28-18-21-6-4-3-5-7-21/h3-11,19-20H,12-18H2,1-2H3,(H,25,27)/t20-/m1/s1. The smallest absolute Gasteiger partial charge is 0.221 e. The first-order chi connectivity index (χ1) is 13.6. The molecular weight excluding hydrogens is 364 g/mol. The van der Waals surface area contributed by atoms with Gasteiger partial charge in [0.2, 0.25) is 5.91 Å². The van der Waals surface area contributed by atoms with Crippen molar-refractivity contribution in [3.05, 3.63) is 65.7 Å². The molecule has 0 aliphatic carbocycles. The van der Waals surface area contributed by atoms with Crippen LogP contribution in [0.25, 0.3) is 0 Å². The fourth-order valence-corrected chi connectivity index (χ4v) is 4.47. The molecule has 1 atom stereocenters. The Bertz CT molecular complexity index is 724. The number of benzene rings is 2. The monoisotopic (exact) mass is 396 g/mol. The molecule has 0 aromatic heterocycles. The summed E-state index contributed by atoms with van der Waals surface area (Å²) in [6.07, 6.45) is 3.11. The summed E-state index contributed by atoms with van der Waals surface area (Å²) >= 11 is 1.81. The second-order valence-electron chi connectivity index (χ2n) is 7.84. The van der Waals surface area contributed by atoms with Crippen LogP contribution in [0.15, 0.2) is 54.6 Å². The largest absolute Gasteiger partial charge is 0.372 e. The van der Waals surface area contributed by atoms with Crippen LogP contribution in [0.5, 0.6) is 0 Å². The third-order valence-electron chi connectivity index (χ3n) is 5.50. The van der Waals surface area contributed by atoms with Crippen molar-refractivity contribution in [1.82, 2.24) is 5.32 Å². The molecule has 1 heterocycles. The molecule has 1 aliphatic heterocycles. The number of rotatable bonds is 8. The van der Waals surface area contributed by atoms with Crippen LogP contribution in [0.2, 0.25) is 0 Å². The van der Waals surface area contributed by atoms with Crippen LogP contribution in [-0.4, -0.2) is 24.7 Å². The van der Waals surface area contributed by atoms with E-state index in [1.54, 1.807) is 0 Å². The van der Waals surface area contributed by atoms with Gasteiger partial charge in [0.25, 0.3) is 0 Å². The van der Waals surface area contributed by atoms with Crippen LogP contribution in [-0.2, 0) is 10.5 Å². The van der Waals surface area contributed by atoms with Gasteiger partial charge in [-0.25, -0.2) is 0 Å². The van der Waals surface area contributed by atoms with E-state index in [2.05, 4.69) is 72.6 Å². The highest BCUT2D eigenvalue weighted by Gasteiger charge is 2.16. The molecule has 3 rings (SSSR count). The summed E-state index contributed by atoms with van der Waals surface area (Å²) in [6, 6.07) is 19.2. The van der Waals surface area contributed by atoms with Gasteiger partial charge in [0.15, 0.2) is 0 Å². The van der Waals surface area contributed by atoms with Gasteiger partial charge in [-0.3, -0.25) is 4.79 Å². The van der Waals surface area contributed by atoms with Gasteiger partial charge in [0.1, 0.15) is 0 Å². The molecule has 1 aliphatic rings. The summed E-state index contributed by atoms with van der Waals surface area (Å²) in [7, 11) is 0. The van der Waals surface area contributed by atoms with Crippen LogP contribution in [0.4, 0.5) is 5.69 Å². The Hall–Kier alpha value is -1.94. The lowest BCUT2D eigenvalue weighted by Crippen LogP contribution is -2.32. The average Bonchev–Trinajstić information content (AvgIpc) is 2.73. The second-order valence-corrected chi connectivity index (χ2v) is 8.94. The molecule has 0 radical (unpaired) electrons. The highest BCUT2D eigenvalue weighted by atomic mass is 32.2. The Balaban J connectivity index is 1.40. The molecular formula is C24H32N2OS. The first kappa shape index (κ1) is 20.8. The van der Waals surface area contributed by atoms with Gasteiger partial charge in [-0.1, -0.05) is 49.4 Å². The maximum atomic E-state index is 12.3. The fraction of sp³-hybridized carbons (Fsp3) is 0.458. The lowest BCUT2D eigenvalue weighted by molar-refractivity contribution is -0.121. The van der Waals surface area contributed by atoms with Crippen molar-refractivity contribution in [3.8, 4) is 0 Å². The van der Waals surface area contributed by atoms with Crippen molar-refractivity contribution >= 4 is 23.4 Å². The third-order valence-corrected chi connectivity index (χ3v) is 6.53. The van der Waals surface area contributed by atoms with Gasteiger partial charge in [-0.05, 0) is 48.9 Å². The predicted molar refractivity (Wildman–Crippen MR) is 121 cm³/mol. The Kier molecular flexibility index (Phi) is 7.84. The molecule has 1 N–H and O–H groups in total. The molecule has 1 amide bonds. The average molecular weight is 397 g/mol. The molecule has 2 aromatic carbocycles. The molecule has 0 unspecified atom stereocenters. The van der Waals surface area contributed by atoms with Gasteiger partial charge in [-0.15, -0.1) is 0 Å². The van der Waals surface area contributed by atoms with Crippen LogP contribution in [0.3, 0.4) is 0 Å². The number of anilines is 1. The fourth-order valence-electron chi connectivity index (χ4n) is 3.57. The number of amides is 1. The quantitative estimate of drug-likeness (QED) is 0.604. The molecule has 0 spiro atoms. The first-order valence-electron chi connectivity index (χ1n) is 10.4. The number of piperidine rings is 1. The van der Waals surface area contributed by atoms with E-state index >= 15 is 0 Å². The summed E-state index contributed by atoms with van der Waals surface area (Å²) < 4.78 is 0.